The number of Topliss-reactive ketones (excluding diaryl/α,β-unsaturated/α-hetero) is 1. The fourth-order valence-corrected chi connectivity index (χ4v) is 2.72. The molecule has 0 fully saturated rings. The third-order valence-corrected chi connectivity index (χ3v) is 3.83. The van der Waals surface area contributed by atoms with E-state index in [1.807, 2.05) is 6.07 Å². The van der Waals surface area contributed by atoms with Gasteiger partial charge in [-0.1, -0.05) is 41.9 Å². The van der Waals surface area contributed by atoms with Gasteiger partial charge in [-0.05, 0) is 25.1 Å². The third-order valence-electron chi connectivity index (χ3n) is 2.66. The van der Waals surface area contributed by atoms with Crippen LogP contribution in [0.4, 0.5) is 0 Å². The molecule has 0 atom stereocenters. The number of hydrogen-bond donors (Lipinski definition) is 0. The molecule has 0 saturated carbocycles. The van der Waals surface area contributed by atoms with Crippen molar-refractivity contribution < 1.29 is 14.3 Å². The summed E-state index contributed by atoms with van der Waals surface area (Å²) in [6, 6.07) is 12.1. The minimum atomic E-state index is -0.629. The SMILES string of the molecule is CCOC(=O)C(=Cc1ccc(Cl)s1)C(=O)c1ccccc1. The van der Waals surface area contributed by atoms with Gasteiger partial charge in [0.15, 0.2) is 5.78 Å². The number of esters is 1. The highest BCUT2D eigenvalue weighted by molar-refractivity contribution is 7.17. The summed E-state index contributed by atoms with van der Waals surface area (Å²) in [5, 5.41) is 0. The molecular weight excluding hydrogens is 308 g/mol. The van der Waals surface area contributed by atoms with Crippen LogP contribution in [0.3, 0.4) is 0 Å². The Morgan fingerprint density at radius 2 is 1.90 bits per heavy atom. The van der Waals surface area contributed by atoms with E-state index < -0.39 is 5.97 Å². The third kappa shape index (κ3) is 4.03. The molecule has 2 rings (SSSR count). The lowest BCUT2D eigenvalue weighted by Crippen LogP contribution is -2.16. The van der Waals surface area contributed by atoms with Crippen LogP contribution in [0.1, 0.15) is 22.2 Å². The lowest BCUT2D eigenvalue weighted by atomic mass is 10.0. The molecule has 0 N–H and O–H groups in total. The smallest absolute Gasteiger partial charge is 0.342 e. The number of rotatable bonds is 5. The van der Waals surface area contributed by atoms with Gasteiger partial charge < -0.3 is 4.74 Å². The molecule has 0 spiro atoms. The van der Waals surface area contributed by atoms with Crippen molar-refractivity contribution in [2.75, 3.05) is 6.61 Å². The lowest BCUT2D eigenvalue weighted by Gasteiger charge is -2.06. The summed E-state index contributed by atoms with van der Waals surface area (Å²) in [7, 11) is 0. The second kappa shape index (κ2) is 7.20. The summed E-state index contributed by atoms with van der Waals surface area (Å²) >= 11 is 7.16. The van der Waals surface area contributed by atoms with Crippen molar-refractivity contribution >= 4 is 40.8 Å². The Hall–Kier alpha value is -1.91. The van der Waals surface area contributed by atoms with Crippen LogP contribution in [-0.4, -0.2) is 18.4 Å². The van der Waals surface area contributed by atoms with E-state index in [1.54, 1.807) is 43.3 Å². The summed E-state index contributed by atoms with van der Waals surface area (Å²) in [5.41, 5.74) is 0.445. The predicted octanol–water partition coefficient (Wildman–Crippen LogP) is 4.23. The van der Waals surface area contributed by atoms with Crippen LogP contribution in [0.5, 0.6) is 0 Å². The van der Waals surface area contributed by atoms with Crippen molar-refractivity contribution in [1.82, 2.24) is 0 Å². The maximum atomic E-state index is 12.5. The van der Waals surface area contributed by atoms with E-state index in [-0.39, 0.29) is 18.0 Å². The standard InChI is InChI=1S/C16H13ClO3S/c1-2-20-16(19)13(10-12-8-9-14(17)21-12)15(18)11-6-4-3-5-7-11/h3-10H,2H2,1H3. The zero-order valence-corrected chi connectivity index (χ0v) is 12.9. The molecule has 108 valence electrons. The quantitative estimate of drug-likeness (QED) is 0.272. The zero-order chi connectivity index (χ0) is 15.2. The highest BCUT2D eigenvalue weighted by atomic mass is 35.5. The van der Waals surface area contributed by atoms with Gasteiger partial charge >= 0.3 is 5.97 Å². The number of thiophene rings is 1. The molecule has 0 aliphatic heterocycles. The van der Waals surface area contributed by atoms with Crippen molar-refractivity contribution in [3.63, 3.8) is 0 Å². The number of carbonyl (C=O) groups excluding carboxylic acids is 2. The Morgan fingerprint density at radius 3 is 2.48 bits per heavy atom. The van der Waals surface area contributed by atoms with Crippen LogP contribution in [0.2, 0.25) is 4.34 Å². The van der Waals surface area contributed by atoms with Gasteiger partial charge in [-0.25, -0.2) is 4.79 Å². The van der Waals surface area contributed by atoms with E-state index in [1.165, 1.54) is 17.4 Å². The van der Waals surface area contributed by atoms with Crippen molar-refractivity contribution in [2.45, 2.75) is 6.92 Å². The molecule has 21 heavy (non-hydrogen) atoms. The summed E-state index contributed by atoms with van der Waals surface area (Å²) in [6.45, 7) is 1.91. The number of ether oxygens (including phenoxy) is 1. The highest BCUT2D eigenvalue weighted by Crippen LogP contribution is 2.24. The molecule has 0 saturated heterocycles. The van der Waals surface area contributed by atoms with E-state index in [4.69, 9.17) is 16.3 Å². The van der Waals surface area contributed by atoms with E-state index in [2.05, 4.69) is 0 Å². The summed E-state index contributed by atoms with van der Waals surface area (Å²) in [6.07, 6.45) is 1.52. The molecule has 0 aliphatic rings. The maximum absolute atomic E-state index is 12.5. The Labute approximate surface area is 131 Å². The Kier molecular flexibility index (Phi) is 5.31. The first-order valence-electron chi connectivity index (χ1n) is 6.35. The Bertz CT molecular complexity index is 674. The van der Waals surface area contributed by atoms with Crippen LogP contribution < -0.4 is 0 Å². The molecule has 0 amide bonds. The average Bonchev–Trinajstić information content (AvgIpc) is 2.90. The van der Waals surface area contributed by atoms with E-state index in [0.29, 0.717) is 9.90 Å². The van der Waals surface area contributed by atoms with Crippen molar-refractivity contribution in [1.29, 1.82) is 0 Å². The molecule has 0 unspecified atom stereocenters. The molecule has 5 heteroatoms. The monoisotopic (exact) mass is 320 g/mol. The van der Waals surface area contributed by atoms with Gasteiger partial charge in [0.2, 0.25) is 0 Å². The number of halogens is 1. The van der Waals surface area contributed by atoms with Gasteiger partial charge in [-0.15, -0.1) is 11.3 Å². The molecule has 3 nitrogen and oxygen atoms in total. The molecule has 0 bridgehead atoms. The molecule has 0 aliphatic carbocycles. The Morgan fingerprint density at radius 1 is 1.19 bits per heavy atom. The molecule has 1 aromatic carbocycles. The largest absolute Gasteiger partial charge is 0.462 e. The van der Waals surface area contributed by atoms with Gasteiger partial charge in [0.25, 0.3) is 0 Å². The first-order valence-corrected chi connectivity index (χ1v) is 7.55. The van der Waals surface area contributed by atoms with E-state index in [9.17, 15) is 9.59 Å². The fraction of sp³-hybridized carbons (Fsp3) is 0.125. The summed E-state index contributed by atoms with van der Waals surface area (Å²) in [4.78, 5) is 25.2. The second-order valence-corrected chi connectivity index (χ2v) is 5.86. The molecule has 1 heterocycles. The van der Waals surface area contributed by atoms with Crippen LogP contribution in [0.15, 0.2) is 48.0 Å². The van der Waals surface area contributed by atoms with Crippen LogP contribution in [0.25, 0.3) is 6.08 Å². The number of benzene rings is 1. The minimum absolute atomic E-state index is 0.00145. The topological polar surface area (TPSA) is 43.4 Å². The average molecular weight is 321 g/mol. The normalized spacial score (nSPS) is 11.2. The lowest BCUT2D eigenvalue weighted by molar-refractivity contribution is -0.137. The predicted molar refractivity (Wildman–Crippen MR) is 84.7 cm³/mol. The van der Waals surface area contributed by atoms with Gasteiger partial charge in [-0.3, -0.25) is 4.79 Å². The molecule has 1 aromatic heterocycles. The Balaban J connectivity index is 2.39. The van der Waals surface area contributed by atoms with Gasteiger partial charge in [-0.2, -0.15) is 0 Å². The van der Waals surface area contributed by atoms with Gasteiger partial charge in [0.05, 0.1) is 10.9 Å². The summed E-state index contributed by atoms with van der Waals surface area (Å²) in [5.74, 6) is -0.991. The maximum Gasteiger partial charge on any atom is 0.342 e. The van der Waals surface area contributed by atoms with Crippen molar-refractivity contribution in [3.05, 3.63) is 62.8 Å². The fourth-order valence-electron chi connectivity index (χ4n) is 1.72. The first kappa shape index (κ1) is 15.5. The molecule has 0 radical (unpaired) electrons. The second-order valence-electron chi connectivity index (χ2n) is 4.12. The van der Waals surface area contributed by atoms with E-state index in [0.717, 1.165) is 4.88 Å². The number of hydrogen-bond acceptors (Lipinski definition) is 4. The first-order chi connectivity index (χ1) is 10.1. The van der Waals surface area contributed by atoms with Gasteiger partial charge in [0, 0.05) is 10.4 Å². The van der Waals surface area contributed by atoms with Crippen LogP contribution >= 0.6 is 22.9 Å². The van der Waals surface area contributed by atoms with Crippen molar-refractivity contribution in [3.8, 4) is 0 Å². The summed E-state index contributed by atoms with van der Waals surface area (Å²) < 4.78 is 5.56. The zero-order valence-electron chi connectivity index (χ0n) is 11.3. The van der Waals surface area contributed by atoms with Crippen molar-refractivity contribution in [2.24, 2.45) is 0 Å². The number of ketones is 1. The van der Waals surface area contributed by atoms with Crippen LogP contribution in [0, 0.1) is 0 Å². The van der Waals surface area contributed by atoms with Gasteiger partial charge in [0.1, 0.15) is 5.57 Å². The van der Waals surface area contributed by atoms with E-state index >= 15 is 0 Å². The highest BCUT2D eigenvalue weighted by Gasteiger charge is 2.21. The molecule has 2 aromatic rings. The van der Waals surface area contributed by atoms with Crippen LogP contribution in [-0.2, 0) is 9.53 Å². The minimum Gasteiger partial charge on any atom is -0.462 e. The number of carbonyl (C=O) groups is 2. The molecular formula is C16H13ClO3S.